The van der Waals surface area contributed by atoms with Crippen molar-refractivity contribution in [3.63, 3.8) is 0 Å². The average molecular weight is 505 g/mol. The molecule has 0 aromatic rings. The second-order valence-corrected chi connectivity index (χ2v) is 11.3. The maximum absolute atomic E-state index is 9.89. The van der Waals surface area contributed by atoms with Gasteiger partial charge in [0.1, 0.15) is 26.2 Å². The number of hydrogen-bond donors (Lipinski definition) is 5. The normalized spacial score (nSPS) is 26.1. The summed E-state index contributed by atoms with van der Waals surface area (Å²) in [6, 6.07) is 0. The van der Waals surface area contributed by atoms with Gasteiger partial charge in [0.05, 0.1) is 38.4 Å². The van der Waals surface area contributed by atoms with Gasteiger partial charge in [-0.25, -0.2) is 0 Å². The van der Waals surface area contributed by atoms with Gasteiger partial charge in [-0.1, -0.05) is 0 Å². The SMILES string of the molecule is CN(C)CC(O)CN1CC[N+]2(CC1)CC(O)C2.CNCC(O)CN1CC[N+]2(CC1)CC(O)C2.[CH3-].[CH3-]. The van der Waals surface area contributed by atoms with Crippen molar-refractivity contribution in [2.45, 2.75) is 24.4 Å². The van der Waals surface area contributed by atoms with E-state index in [1.165, 1.54) is 0 Å². The van der Waals surface area contributed by atoms with Gasteiger partial charge in [0.2, 0.25) is 0 Å². The zero-order valence-corrected chi connectivity index (χ0v) is 23.1. The Morgan fingerprint density at radius 1 is 0.771 bits per heavy atom. The molecule has 4 aliphatic heterocycles. The molecule has 0 bridgehead atoms. The largest absolute Gasteiger partial charge is 0.390 e. The number of piperazine rings is 2. The van der Waals surface area contributed by atoms with Crippen LogP contribution in [0.3, 0.4) is 0 Å². The molecule has 10 heteroatoms. The van der Waals surface area contributed by atoms with E-state index in [9.17, 15) is 20.4 Å². The number of hydrogen-bond acceptors (Lipinski definition) is 8. The lowest BCUT2D eigenvalue weighted by molar-refractivity contribution is -0.975. The quantitative estimate of drug-likeness (QED) is 0.181. The van der Waals surface area contributed by atoms with Crippen LogP contribution in [0.15, 0.2) is 0 Å². The van der Waals surface area contributed by atoms with Crippen molar-refractivity contribution in [2.24, 2.45) is 0 Å². The number of quaternary nitrogens is 2. The lowest BCUT2D eigenvalue weighted by atomic mass is 10.0. The minimum absolute atomic E-state index is 0. The van der Waals surface area contributed by atoms with Crippen molar-refractivity contribution in [1.29, 1.82) is 0 Å². The maximum Gasteiger partial charge on any atom is 0.152 e. The zero-order chi connectivity index (χ0) is 24.1. The van der Waals surface area contributed by atoms with Gasteiger partial charge in [0.25, 0.3) is 0 Å². The molecular weight excluding hydrogens is 448 g/mol. The molecule has 2 atom stereocenters. The third-order valence-electron chi connectivity index (χ3n) is 7.91. The summed E-state index contributed by atoms with van der Waals surface area (Å²) in [7, 11) is 5.84. The molecule has 10 nitrogen and oxygen atoms in total. The van der Waals surface area contributed by atoms with Gasteiger partial charge in [-0.2, -0.15) is 0 Å². The highest BCUT2D eigenvalue weighted by Gasteiger charge is 2.45. The number of aliphatic hydroxyl groups is 4. The molecule has 4 rings (SSSR count). The summed E-state index contributed by atoms with van der Waals surface area (Å²) in [6.07, 6.45) is -0.653. The third-order valence-corrected chi connectivity index (χ3v) is 7.91. The number of nitrogens with zero attached hydrogens (tertiary/aromatic N) is 5. The van der Waals surface area contributed by atoms with Crippen LogP contribution >= 0.6 is 0 Å². The molecule has 4 saturated heterocycles. The van der Waals surface area contributed by atoms with Crippen LogP contribution in [0.1, 0.15) is 0 Å². The highest BCUT2D eigenvalue weighted by Crippen LogP contribution is 2.24. The van der Waals surface area contributed by atoms with Gasteiger partial charge in [0, 0.05) is 52.4 Å². The average Bonchev–Trinajstić information content (AvgIpc) is 2.69. The van der Waals surface area contributed by atoms with Crippen molar-refractivity contribution in [3.8, 4) is 0 Å². The standard InChI is InChI=1S/C12H26N3O2.C11H24N3O2.2CH3/c1-13(2)7-11(16)8-14-3-5-15(6-4-14)9-12(17)10-15;1-12-6-10(15)7-13-2-4-14(5-3-13)8-11(16)9-14;;/h11-12,16-17H,3-10H2,1-2H3;10-12,15-16H,2-9H2,1H3;2*1H3/q2*+1;2*-1. The summed E-state index contributed by atoms with van der Waals surface area (Å²) in [5.74, 6) is 0. The Morgan fingerprint density at radius 2 is 1.14 bits per heavy atom. The molecule has 0 radical (unpaired) electrons. The lowest BCUT2D eigenvalue weighted by Gasteiger charge is -2.52. The minimum Gasteiger partial charge on any atom is -0.390 e. The zero-order valence-electron chi connectivity index (χ0n) is 23.1. The van der Waals surface area contributed by atoms with E-state index in [1.807, 2.05) is 26.0 Å². The molecule has 2 spiro atoms. The lowest BCUT2D eigenvalue weighted by Crippen LogP contribution is -2.72. The molecule has 210 valence electrons. The summed E-state index contributed by atoms with van der Waals surface area (Å²) in [5.41, 5.74) is 0. The van der Waals surface area contributed by atoms with E-state index in [0.717, 1.165) is 107 Å². The first-order valence-electron chi connectivity index (χ1n) is 12.8. The Labute approximate surface area is 214 Å². The summed E-state index contributed by atoms with van der Waals surface area (Å²) in [4.78, 5) is 6.70. The fraction of sp³-hybridized carbons (Fsp3) is 0.920. The Balaban J connectivity index is 0.000000332. The first-order valence-corrected chi connectivity index (χ1v) is 12.8. The smallest absolute Gasteiger partial charge is 0.152 e. The first-order chi connectivity index (χ1) is 15.6. The number of rotatable bonds is 8. The second kappa shape index (κ2) is 14.5. The van der Waals surface area contributed by atoms with Crippen LogP contribution < -0.4 is 5.32 Å². The summed E-state index contributed by atoms with van der Waals surface area (Å²) < 4.78 is 2.20. The molecule has 0 aromatic heterocycles. The van der Waals surface area contributed by atoms with Crippen LogP contribution in [0.4, 0.5) is 0 Å². The summed E-state index contributed by atoms with van der Waals surface area (Å²) >= 11 is 0. The van der Waals surface area contributed by atoms with Crippen LogP contribution in [0, 0.1) is 14.9 Å². The maximum atomic E-state index is 9.89. The Bertz CT molecular complexity index is 566. The molecule has 0 aliphatic carbocycles. The van der Waals surface area contributed by atoms with Gasteiger partial charge >= 0.3 is 0 Å². The predicted octanol–water partition coefficient (Wildman–Crippen LogP) is -2.61. The third kappa shape index (κ3) is 9.77. The van der Waals surface area contributed by atoms with E-state index in [1.54, 1.807) is 0 Å². The summed E-state index contributed by atoms with van der Waals surface area (Å²) in [6.45, 7) is 15.4. The molecule has 4 aliphatic rings. The Morgan fingerprint density at radius 3 is 1.46 bits per heavy atom. The first kappa shape index (κ1) is 32.6. The second-order valence-electron chi connectivity index (χ2n) is 11.3. The van der Waals surface area contributed by atoms with Gasteiger partial charge in [-0.3, -0.25) is 9.80 Å². The highest BCUT2D eigenvalue weighted by atomic mass is 16.3. The van der Waals surface area contributed by atoms with Crippen LogP contribution in [-0.4, -0.2) is 194 Å². The van der Waals surface area contributed by atoms with Gasteiger partial charge in [-0.05, 0) is 21.1 Å². The van der Waals surface area contributed by atoms with Crippen molar-refractivity contribution in [2.75, 3.05) is 126 Å². The Kier molecular flexibility index (Phi) is 13.5. The fourth-order valence-electron chi connectivity index (χ4n) is 6.01. The topological polar surface area (TPSA) is 103 Å². The predicted molar refractivity (Wildman–Crippen MR) is 142 cm³/mol. The van der Waals surface area contributed by atoms with E-state index < -0.39 is 0 Å². The van der Waals surface area contributed by atoms with E-state index in [4.69, 9.17) is 0 Å². The number of nitrogens with one attached hydrogen (secondary N) is 1. The molecule has 0 saturated carbocycles. The van der Waals surface area contributed by atoms with E-state index >= 15 is 0 Å². The van der Waals surface area contributed by atoms with E-state index in [0.29, 0.717) is 6.54 Å². The molecule has 5 N–H and O–H groups in total. The van der Waals surface area contributed by atoms with Gasteiger partial charge < -0.3 is 54.5 Å². The molecule has 2 unspecified atom stereocenters. The highest BCUT2D eigenvalue weighted by molar-refractivity contribution is 4.76. The summed E-state index contributed by atoms with van der Waals surface area (Å²) in [5, 5.41) is 41.3. The molecular formula is C25H56N6O4. The van der Waals surface area contributed by atoms with Crippen molar-refractivity contribution < 1.29 is 29.4 Å². The number of likely N-dealkylation sites (N-methyl/N-ethyl adjacent to an activating group) is 2. The van der Waals surface area contributed by atoms with E-state index in [2.05, 4.69) is 15.1 Å². The minimum atomic E-state index is -0.265. The molecule has 0 aromatic carbocycles. The van der Waals surface area contributed by atoms with Gasteiger partial charge in [0.15, 0.2) is 12.2 Å². The van der Waals surface area contributed by atoms with Crippen molar-refractivity contribution in [3.05, 3.63) is 14.9 Å². The van der Waals surface area contributed by atoms with Crippen molar-refractivity contribution >= 4 is 0 Å². The molecule has 0 amide bonds. The van der Waals surface area contributed by atoms with Crippen LogP contribution in [0.2, 0.25) is 0 Å². The fourth-order valence-corrected chi connectivity index (χ4v) is 6.01. The number of β-amino-alcohol motifs (C(OH)–C–C–N with tert-alkyl or cyclic N) is 2. The van der Waals surface area contributed by atoms with Crippen LogP contribution in [0.25, 0.3) is 0 Å². The Hall–Kier alpha value is -0.400. The number of aliphatic hydroxyl groups excluding tert-OH is 4. The molecule has 4 heterocycles. The van der Waals surface area contributed by atoms with Gasteiger partial charge in [-0.15, -0.1) is 0 Å². The molecule has 4 fully saturated rings. The monoisotopic (exact) mass is 504 g/mol. The van der Waals surface area contributed by atoms with Crippen LogP contribution in [0.5, 0.6) is 0 Å². The van der Waals surface area contributed by atoms with Crippen molar-refractivity contribution in [1.82, 2.24) is 20.0 Å². The van der Waals surface area contributed by atoms with Crippen LogP contribution in [-0.2, 0) is 0 Å². The molecule has 35 heavy (non-hydrogen) atoms. The van der Waals surface area contributed by atoms with E-state index in [-0.39, 0.29) is 39.3 Å².